The molecule has 0 aliphatic carbocycles. The van der Waals surface area contributed by atoms with E-state index in [-0.39, 0.29) is 0 Å². The van der Waals surface area contributed by atoms with E-state index >= 15 is 0 Å². The van der Waals surface area contributed by atoms with Gasteiger partial charge in [0.1, 0.15) is 0 Å². The maximum Gasteiger partial charge on any atom is 0.00719 e. The molecule has 0 fully saturated rings. The maximum absolute atomic E-state index is 2.33. The van der Waals surface area contributed by atoms with Crippen LogP contribution in [0, 0.1) is 5.41 Å². The molecule has 0 aliphatic heterocycles. The van der Waals surface area contributed by atoms with Gasteiger partial charge in [0.15, 0.2) is 0 Å². The van der Waals surface area contributed by atoms with Gasteiger partial charge in [0.25, 0.3) is 0 Å². The van der Waals surface area contributed by atoms with Crippen molar-refractivity contribution >= 4 is 11.8 Å². The van der Waals surface area contributed by atoms with Gasteiger partial charge in [-0.1, -0.05) is 51.8 Å². The lowest BCUT2D eigenvalue weighted by Gasteiger charge is -2.17. The minimum atomic E-state index is 0.507. The predicted octanol–water partition coefficient (Wildman–Crippen LogP) is 5.39. The first-order valence-electron chi connectivity index (χ1n) is 6.26. The predicted molar refractivity (Wildman–Crippen MR) is 75.1 cm³/mol. The van der Waals surface area contributed by atoms with Gasteiger partial charge >= 0.3 is 0 Å². The van der Waals surface area contributed by atoms with Gasteiger partial charge in [-0.2, -0.15) is 0 Å². The van der Waals surface area contributed by atoms with E-state index < -0.39 is 0 Å². The second-order valence-corrected chi connectivity index (χ2v) is 6.70. The molecule has 1 aromatic carbocycles. The molecule has 0 aliphatic rings. The Morgan fingerprint density at radius 3 is 2.25 bits per heavy atom. The molecule has 0 amide bonds. The highest BCUT2D eigenvalue weighted by Crippen LogP contribution is 2.23. The summed E-state index contributed by atoms with van der Waals surface area (Å²) in [4.78, 5) is 1.40. The number of benzene rings is 1. The molecule has 1 heteroatoms. The lowest BCUT2D eigenvalue weighted by molar-refractivity contribution is 0.360. The van der Waals surface area contributed by atoms with E-state index in [2.05, 4.69) is 51.1 Å². The monoisotopic (exact) mass is 236 g/mol. The minimum absolute atomic E-state index is 0.507. The van der Waals surface area contributed by atoms with Crippen LogP contribution in [0.5, 0.6) is 0 Å². The molecular formula is C15H24S. The third-order valence-corrected chi connectivity index (χ3v) is 3.68. The first-order valence-corrected chi connectivity index (χ1v) is 7.24. The Kier molecular flexibility index (Phi) is 5.97. The molecule has 0 heterocycles. The van der Waals surface area contributed by atoms with Crippen molar-refractivity contribution in [2.45, 2.75) is 51.3 Å². The Morgan fingerprint density at radius 1 is 0.938 bits per heavy atom. The molecule has 16 heavy (non-hydrogen) atoms. The maximum atomic E-state index is 2.33. The zero-order valence-corrected chi connectivity index (χ0v) is 11.6. The van der Waals surface area contributed by atoms with Crippen LogP contribution in [0.4, 0.5) is 0 Å². The lowest BCUT2D eigenvalue weighted by Crippen LogP contribution is -2.03. The van der Waals surface area contributed by atoms with E-state index in [0.29, 0.717) is 5.41 Å². The molecule has 1 aromatic rings. The summed E-state index contributed by atoms with van der Waals surface area (Å²) in [6.07, 6.45) is 5.44. The van der Waals surface area contributed by atoms with Crippen LogP contribution in [0.1, 0.15) is 46.5 Å². The first kappa shape index (κ1) is 13.6. The zero-order valence-electron chi connectivity index (χ0n) is 10.8. The largest absolute Gasteiger partial charge is 0.126 e. The third kappa shape index (κ3) is 6.95. The Morgan fingerprint density at radius 2 is 1.62 bits per heavy atom. The van der Waals surface area contributed by atoms with E-state index in [9.17, 15) is 0 Å². The van der Waals surface area contributed by atoms with Crippen LogP contribution in [0.15, 0.2) is 35.2 Å². The summed E-state index contributed by atoms with van der Waals surface area (Å²) in [5.74, 6) is 1.26. The first-order chi connectivity index (χ1) is 7.58. The SMILES string of the molecule is CC(C)(C)CCCCCSc1ccccc1. The summed E-state index contributed by atoms with van der Waals surface area (Å²) >= 11 is 1.98. The number of hydrogen-bond acceptors (Lipinski definition) is 1. The van der Waals surface area contributed by atoms with Gasteiger partial charge in [-0.3, -0.25) is 0 Å². The highest BCUT2D eigenvalue weighted by molar-refractivity contribution is 7.99. The van der Waals surface area contributed by atoms with E-state index in [0.717, 1.165) is 0 Å². The number of thioether (sulfide) groups is 1. The van der Waals surface area contributed by atoms with Gasteiger partial charge in [-0.25, -0.2) is 0 Å². The zero-order chi connectivity index (χ0) is 11.9. The number of rotatable bonds is 6. The van der Waals surface area contributed by atoms with Crippen LogP contribution in [0.25, 0.3) is 0 Å². The summed E-state index contributed by atoms with van der Waals surface area (Å²) in [5.41, 5.74) is 0.507. The van der Waals surface area contributed by atoms with Gasteiger partial charge in [-0.05, 0) is 36.1 Å². The summed E-state index contributed by atoms with van der Waals surface area (Å²) in [6.45, 7) is 6.98. The Balaban J connectivity index is 2.01. The van der Waals surface area contributed by atoms with Crippen molar-refractivity contribution in [3.63, 3.8) is 0 Å². The van der Waals surface area contributed by atoms with Gasteiger partial charge in [0, 0.05) is 4.90 Å². The molecule has 1 rings (SSSR count). The Labute approximate surface area is 105 Å². The van der Waals surface area contributed by atoms with Crippen molar-refractivity contribution in [3.8, 4) is 0 Å². The molecule has 90 valence electrons. The van der Waals surface area contributed by atoms with Gasteiger partial charge < -0.3 is 0 Å². The molecule has 0 bridgehead atoms. The quantitative estimate of drug-likeness (QED) is 0.471. The topological polar surface area (TPSA) is 0 Å². The highest BCUT2D eigenvalue weighted by Gasteiger charge is 2.08. The molecule has 0 spiro atoms. The standard InChI is InChI=1S/C15H24S/c1-15(2,3)12-8-5-9-13-16-14-10-6-4-7-11-14/h4,6-7,10-11H,5,8-9,12-13H2,1-3H3. The summed E-state index contributed by atoms with van der Waals surface area (Å²) < 4.78 is 0. The normalized spacial score (nSPS) is 11.7. The molecule has 0 saturated carbocycles. The van der Waals surface area contributed by atoms with Crippen molar-refractivity contribution in [3.05, 3.63) is 30.3 Å². The van der Waals surface area contributed by atoms with Crippen molar-refractivity contribution < 1.29 is 0 Å². The molecule has 0 unspecified atom stereocenters. The minimum Gasteiger partial charge on any atom is -0.126 e. The number of unbranched alkanes of at least 4 members (excludes halogenated alkanes) is 2. The average molecular weight is 236 g/mol. The lowest BCUT2D eigenvalue weighted by atomic mass is 9.90. The summed E-state index contributed by atoms with van der Waals surface area (Å²) in [5, 5.41) is 0. The van der Waals surface area contributed by atoms with E-state index in [1.807, 2.05) is 11.8 Å². The average Bonchev–Trinajstić information content (AvgIpc) is 2.23. The molecule has 0 saturated heterocycles. The van der Waals surface area contributed by atoms with E-state index in [1.54, 1.807) is 0 Å². The number of hydrogen-bond donors (Lipinski definition) is 0. The van der Waals surface area contributed by atoms with Crippen LogP contribution < -0.4 is 0 Å². The van der Waals surface area contributed by atoms with Crippen LogP contribution in [-0.4, -0.2) is 5.75 Å². The van der Waals surface area contributed by atoms with Crippen LogP contribution in [-0.2, 0) is 0 Å². The van der Waals surface area contributed by atoms with Crippen LogP contribution in [0.2, 0.25) is 0 Å². The fraction of sp³-hybridized carbons (Fsp3) is 0.600. The summed E-state index contributed by atoms with van der Waals surface area (Å²) in [7, 11) is 0. The Bertz CT molecular complexity index is 271. The van der Waals surface area contributed by atoms with Crippen LogP contribution >= 0.6 is 11.8 Å². The fourth-order valence-electron chi connectivity index (χ4n) is 1.64. The molecule has 0 radical (unpaired) electrons. The van der Waals surface area contributed by atoms with Gasteiger partial charge in [-0.15, -0.1) is 11.8 Å². The third-order valence-electron chi connectivity index (χ3n) is 2.58. The van der Waals surface area contributed by atoms with Crippen molar-refractivity contribution in [1.29, 1.82) is 0 Å². The van der Waals surface area contributed by atoms with Gasteiger partial charge in [0.2, 0.25) is 0 Å². The smallest absolute Gasteiger partial charge is 0.00719 e. The molecule has 0 nitrogen and oxygen atoms in total. The van der Waals surface area contributed by atoms with Gasteiger partial charge in [0.05, 0.1) is 0 Å². The van der Waals surface area contributed by atoms with Crippen molar-refractivity contribution in [2.75, 3.05) is 5.75 Å². The second kappa shape index (κ2) is 7.01. The highest BCUT2D eigenvalue weighted by atomic mass is 32.2. The second-order valence-electron chi connectivity index (χ2n) is 5.53. The molecular weight excluding hydrogens is 212 g/mol. The fourth-order valence-corrected chi connectivity index (χ4v) is 2.57. The van der Waals surface area contributed by atoms with Crippen molar-refractivity contribution in [1.82, 2.24) is 0 Å². The molecule has 0 aromatic heterocycles. The van der Waals surface area contributed by atoms with E-state index in [4.69, 9.17) is 0 Å². The molecule has 0 atom stereocenters. The Hall–Kier alpha value is -0.430. The van der Waals surface area contributed by atoms with E-state index in [1.165, 1.54) is 36.3 Å². The van der Waals surface area contributed by atoms with Crippen LogP contribution in [0.3, 0.4) is 0 Å². The molecule has 0 N–H and O–H groups in total. The van der Waals surface area contributed by atoms with Crippen molar-refractivity contribution in [2.24, 2.45) is 5.41 Å². The summed E-state index contributed by atoms with van der Waals surface area (Å²) in [6, 6.07) is 10.7.